The van der Waals surface area contributed by atoms with Gasteiger partial charge in [-0.2, -0.15) is 0 Å². The first-order valence-electron chi connectivity index (χ1n) is 8.79. The zero-order valence-corrected chi connectivity index (χ0v) is 16.3. The third kappa shape index (κ3) is 6.14. The number of aliphatic hydroxyl groups is 1. The lowest BCUT2D eigenvalue weighted by molar-refractivity contribution is 0.1000. The number of aliphatic hydroxyl groups excluding tert-OH is 1. The van der Waals surface area contributed by atoms with Crippen LogP contribution in [0.2, 0.25) is 0 Å². The van der Waals surface area contributed by atoms with Gasteiger partial charge in [0.15, 0.2) is 0 Å². The van der Waals surface area contributed by atoms with Gasteiger partial charge >= 0.3 is 0 Å². The van der Waals surface area contributed by atoms with Crippen molar-refractivity contribution in [3.05, 3.63) is 41.0 Å². The van der Waals surface area contributed by atoms with Gasteiger partial charge in [0.2, 0.25) is 5.91 Å². The number of carbonyl (C=O) groups excluding carboxylic acids is 1. The molecule has 0 saturated heterocycles. The summed E-state index contributed by atoms with van der Waals surface area (Å²) in [7, 11) is 0. The number of amides is 1. The molecule has 0 saturated carbocycles. The van der Waals surface area contributed by atoms with Crippen LogP contribution >= 0.6 is 12.4 Å². The van der Waals surface area contributed by atoms with Gasteiger partial charge in [-0.25, -0.2) is 0 Å². The maximum Gasteiger partial charge on any atom is 0.249 e. The van der Waals surface area contributed by atoms with Gasteiger partial charge in [-0.3, -0.25) is 4.79 Å². The van der Waals surface area contributed by atoms with Crippen LogP contribution < -0.4 is 11.1 Å². The van der Waals surface area contributed by atoms with E-state index in [-0.39, 0.29) is 31.0 Å². The molecule has 1 aromatic rings. The smallest absolute Gasteiger partial charge is 0.249 e. The summed E-state index contributed by atoms with van der Waals surface area (Å²) in [5, 5.41) is 12.2. The zero-order valence-electron chi connectivity index (χ0n) is 15.5. The quantitative estimate of drug-likeness (QED) is 0.692. The first kappa shape index (κ1) is 21.7. The third-order valence-corrected chi connectivity index (χ3v) is 4.81. The molecule has 0 bridgehead atoms. The molecule has 4 N–H and O–H groups in total. The lowest BCUT2D eigenvalue weighted by atomic mass is 9.76. The van der Waals surface area contributed by atoms with E-state index in [1.54, 1.807) is 0 Å². The first-order valence-corrected chi connectivity index (χ1v) is 8.79. The van der Waals surface area contributed by atoms with Gasteiger partial charge in [-0.05, 0) is 60.8 Å². The molecular formula is C20H31ClN2O2. The number of hydrogen-bond acceptors (Lipinski definition) is 3. The molecule has 0 radical (unpaired) electrons. The minimum atomic E-state index is -0.367. The number of nitrogens with one attached hydrogen (secondary N) is 1. The lowest BCUT2D eigenvalue weighted by Gasteiger charge is -2.29. The average Bonchev–Trinajstić information content (AvgIpc) is 2.52. The monoisotopic (exact) mass is 366 g/mol. The highest BCUT2D eigenvalue weighted by atomic mass is 35.5. The Morgan fingerprint density at radius 2 is 2.12 bits per heavy atom. The molecule has 2 rings (SSSR count). The predicted octanol–water partition coefficient (Wildman–Crippen LogP) is 3.31. The SMILES string of the molecule is CC(Cc1ccc(C(N)=O)c(C2=CCC(C)(C)CC2)c1)NCCO.Cl. The Morgan fingerprint density at radius 3 is 2.68 bits per heavy atom. The molecule has 0 heterocycles. The number of rotatable bonds is 7. The van der Waals surface area contributed by atoms with Crippen LogP contribution in [0.3, 0.4) is 0 Å². The van der Waals surface area contributed by atoms with E-state index in [1.807, 2.05) is 12.1 Å². The van der Waals surface area contributed by atoms with Crippen LogP contribution in [0.25, 0.3) is 5.57 Å². The minimum absolute atomic E-state index is 0. The van der Waals surface area contributed by atoms with Crippen LogP contribution in [0.15, 0.2) is 24.3 Å². The van der Waals surface area contributed by atoms with E-state index >= 15 is 0 Å². The van der Waals surface area contributed by atoms with Crippen molar-refractivity contribution in [1.29, 1.82) is 0 Å². The molecule has 5 heteroatoms. The zero-order chi connectivity index (χ0) is 17.7. The van der Waals surface area contributed by atoms with Gasteiger partial charge in [0, 0.05) is 18.2 Å². The van der Waals surface area contributed by atoms with E-state index in [1.165, 1.54) is 11.1 Å². The average molecular weight is 367 g/mol. The van der Waals surface area contributed by atoms with Crippen molar-refractivity contribution in [3.8, 4) is 0 Å². The molecule has 0 aromatic heterocycles. The van der Waals surface area contributed by atoms with Crippen LogP contribution in [0.4, 0.5) is 0 Å². The van der Waals surface area contributed by atoms with E-state index in [0.29, 0.717) is 17.5 Å². The molecule has 1 aromatic carbocycles. The summed E-state index contributed by atoms with van der Waals surface area (Å²) in [6.45, 7) is 7.38. The van der Waals surface area contributed by atoms with Crippen LogP contribution in [0.5, 0.6) is 0 Å². The van der Waals surface area contributed by atoms with Crippen LogP contribution in [-0.4, -0.2) is 30.2 Å². The molecule has 140 valence electrons. The summed E-state index contributed by atoms with van der Waals surface area (Å²) in [6, 6.07) is 6.21. The van der Waals surface area contributed by atoms with Crippen LogP contribution in [-0.2, 0) is 6.42 Å². The molecular weight excluding hydrogens is 336 g/mol. The molecule has 0 fully saturated rings. The molecule has 1 amide bonds. The van der Waals surface area contributed by atoms with Crippen molar-refractivity contribution < 1.29 is 9.90 Å². The predicted molar refractivity (Wildman–Crippen MR) is 106 cm³/mol. The second-order valence-corrected chi connectivity index (χ2v) is 7.62. The number of primary amides is 1. The Bertz CT molecular complexity index is 626. The number of allylic oxidation sites excluding steroid dienone is 2. The topological polar surface area (TPSA) is 75.4 Å². The summed E-state index contributed by atoms with van der Waals surface area (Å²) in [5.74, 6) is -0.367. The van der Waals surface area contributed by atoms with Gasteiger partial charge < -0.3 is 16.2 Å². The Labute approximate surface area is 157 Å². The Balaban J connectivity index is 0.00000312. The number of nitrogens with two attached hydrogens (primary N) is 1. The Hall–Kier alpha value is -1.36. The normalized spacial score (nSPS) is 17.4. The van der Waals surface area contributed by atoms with E-state index in [2.05, 4.69) is 38.2 Å². The molecule has 1 aliphatic carbocycles. The highest BCUT2D eigenvalue weighted by molar-refractivity contribution is 5.98. The fourth-order valence-corrected chi connectivity index (χ4v) is 3.26. The Kier molecular flexibility index (Phi) is 8.13. The van der Waals surface area contributed by atoms with Gasteiger partial charge in [-0.1, -0.05) is 32.1 Å². The number of benzene rings is 1. The molecule has 1 unspecified atom stereocenters. The van der Waals surface area contributed by atoms with E-state index in [9.17, 15) is 4.79 Å². The molecule has 0 aliphatic heterocycles. The van der Waals surface area contributed by atoms with Crippen LogP contribution in [0, 0.1) is 5.41 Å². The first-order chi connectivity index (χ1) is 11.3. The van der Waals surface area contributed by atoms with Crippen LogP contribution in [0.1, 0.15) is 61.5 Å². The summed E-state index contributed by atoms with van der Waals surface area (Å²) in [5.41, 5.74) is 9.93. The fraction of sp³-hybridized carbons (Fsp3) is 0.550. The van der Waals surface area contributed by atoms with Crippen molar-refractivity contribution >= 4 is 23.9 Å². The van der Waals surface area contributed by atoms with Crippen molar-refractivity contribution in [2.24, 2.45) is 11.1 Å². The standard InChI is InChI=1S/C20H30N2O2.ClH/c1-14(22-10-11-23)12-15-4-5-17(19(21)24)18(13-15)16-6-8-20(2,3)9-7-16;/h4-6,13-14,22-23H,7-12H2,1-3H3,(H2,21,24);1H. The number of carbonyl (C=O) groups is 1. The fourth-order valence-electron chi connectivity index (χ4n) is 3.26. The van der Waals surface area contributed by atoms with E-state index in [4.69, 9.17) is 10.8 Å². The third-order valence-electron chi connectivity index (χ3n) is 4.81. The van der Waals surface area contributed by atoms with Crippen molar-refractivity contribution in [1.82, 2.24) is 5.32 Å². The minimum Gasteiger partial charge on any atom is -0.395 e. The summed E-state index contributed by atoms with van der Waals surface area (Å²) in [4.78, 5) is 11.8. The molecule has 1 aliphatic rings. The van der Waals surface area contributed by atoms with Gasteiger partial charge in [0.05, 0.1) is 6.61 Å². The molecule has 0 spiro atoms. The summed E-state index contributed by atoms with van der Waals surface area (Å²) in [6.07, 6.45) is 6.25. The maximum atomic E-state index is 11.8. The largest absolute Gasteiger partial charge is 0.395 e. The molecule has 1 atom stereocenters. The van der Waals surface area contributed by atoms with Gasteiger partial charge in [0.1, 0.15) is 0 Å². The number of halogens is 1. The highest BCUT2D eigenvalue weighted by Crippen LogP contribution is 2.39. The van der Waals surface area contributed by atoms with Crippen molar-refractivity contribution in [2.75, 3.05) is 13.2 Å². The van der Waals surface area contributed by atoms with Gasteiger partial charge in [0.25, 0.3) is 0 Å². The highest BCUT2D eigenvalue weighted by Gasteiger charge is 2.24. The second-order valence-electron chi connectivity index (χ2n) is 7.62. The van der Waals surface area contributed by atoms with E-state index < -0.39 is 0 Å². The lowest BCUT2D eigenvalue weighted by Crippen LogP contribution is -2.30. The molecule has 4 nitrogen and oxygen atoms in total. The summed E-state index contributed by atoms with van der Waals surface area (Å²) >= 11 is 0. The van der Waals surface area contributed by atoms with Gasteiger partial charge in [-0.15, -0.1) is 12.4 Å². The Morgan fingerprint density at radius 1 is 1.40 bits per heavy atom. The van der Waals surface area contributed by atoms with E-state index in [0.717, 1.165) is 31.2 Å². The van der Waals surface area contributed by atoms with Crippen molar-refractivity contribution in [2.45, 2.75) is 52.5 Å². The van der Waals surface area contributed by atoms with Crippen molar-refractivity contribution in [3.63, 3.8) is 0 Å². The number of hydrogen-bond donors (Lipinski definition) is 3. The summed E-state index contributed by atoms with van der Waals surface area (Å²) < 4.78 is 0. The molecule has 25 heavy (non-hydrogen) atoms. The maximum absolute atomic E-state index is 11.8. The second kappa shape index (κ2) is 9.37.